The molecule has 16 heavy (non-hydrogen) atoms. The standard InChI is InChI=1S/C12H22N4/c1-4-7-14-11-10(5-6-12(11,2)3)16-9-13-8-15-16/h8-11,14H,4-7H2,1-3H3. The first kappa shape index (κ1) is 11.6. The fraction of sp³-hybridized carbons (Fsp3) is 0.833. The largest absolute Gasteiger partial charge is 0.311 e. The zero-order chi connectivity index (χ0) is 11.6. The molecule has 4 nitrogen and oxygen atoms in total. The highest BCUT2D eigenvalue weighted by Crippen LogP contribution is 2.43. The summed E-state index contributed by atoms with van der Waals surface area (Å²) in [5.74, 6) is 0. The van der Waals surface area contributed by atoms with Gasteiger partial charge >= 0.3 is 0 Å². The third-order valence-corrected chi connectivity index (χ3v) is 3.70. The SMILES string of the molecule is CCCNC1C(n2cncn2)CCC1(C)C. The van der Waals surface area contributed by atoms with Gasteiger partial charge in [-0.25, -0.2) is 9.67 Å². The molecule has 0 radical (unpaired) electrons. The van der Waals surface area contributed by atoms with E-state index in [1.54, 1.807) is 6.33 Å². The highest BCUT2D eigenvalue weighted by Gasteiger charge is 2.42. The van der Waals surface area contributed by atoms with Crippen LogP contribution in [-0.4, -0.2) is 27.4 Å². The van der Waals surface area contributed by atoms with Crippen LogP contribution in [0.5, 0.6) is 0 Å². The van der Waals surface area contributed by atoms with Gasteiger partial charge in [0.25, 0.3) is 0 Å². The summed E-state index contributed by atoms with van der Waals surface area (Å²) in [5, 5.41) is 7.96. The Hall–Kier alpha value is -0.900. The molecule has 0 spiro atoms. The van der Waals surface area contributed by atoms with Crippen LogP contribution >= 0.6 is 0 Å². The normalized spacial score (nSPS) is 28.4. The van der Waals surface area contributed by atoms with Crippen LogP contribution in [0.25, 0.3) is 0 Å². The number of hydrogen-bond acceptors (Lipinski definition) is 3. The van der Waals surface area contributed by atoms with Gasteiger partial charge in [0.15, 0.2) is 0 Å². The van der Waals surface area contributed by atoms with Crippen LogP contribution in [0, 0.1) is 5.41 Å². The Morgan fingerprint density at radius 2 is 2.31 bits per heavy atom. The summed E-state index contributed by atoms with van der Waals surface area (Å²) in [6.45, 7) is 7.98. The van der Waals surface area contributed by atoms with Crippen molar-refractivity contribution in [1.82, 2.24) is 20.1 Å². The average Bonchev–Trinajstić information content (AvgIpc) is 2.83. The van der Waals surface area contributed by atoms with E-state index in [4.69, 9.17) is 0 Å². The van der Waals surface area contributed by atoms with E-state index in [0.717, 1.165) is 6.54 Å². The lowest BCUT2D eigenvalue weighted by molar-refractivity contribution is 0.241. The topological polar surface area (TPSA) is 42.7 Å². The predicted molar refractivity (Wildman–Crippen MR) is 64.2 cm³/mol. The van der Waals surface area contributed by atoms with Gasteiger partial charge in [-0.3, -0.25) is 0 Å². The van der Waals surface area contributed by atoms with E-state index in [9.17, 15) is 0 Å². The number of rotatable bonds is 4. The summed E-state index contributed by atoms with van der Waals surface area (Å²) >= 11 is 0. The molecule has 1 aliphatic carbocycles. The van der Waals surface area contributed by atoms with Gasteiger partial charge in [-0.1, -0.05) is 20.8 Å². The molecule has 1 aliphatic rings. The van der Waals surface area contributed by atoms with Crippen molar-refractivity contribution in [3.8, 4) is 0 Å². The van der Waals surface area contributed by atoms with E-state index in [-0.39, 0.29) is 0 Å². The second-order valence-electron chi connectivity index (χ2n) is 5.40. The molecule has 2 rings (SSSR count). The van der Waals surface area contributed by atoms with Crippen molar-refractivity contribution in [2.75, 3.05) is 6.54 Å². The Morgan fingerprint density at radius 3 is 2.94 bits per heavy atom. The first-order chi connectivity index (χ1) is 7.65. The lowest BCUT2D eigenvalue weighted by atomic mass is 9.86. The Balaban J connectivity index is 2.13. The minimum Gasteiger partial charge on any atom is -0.311 e. The molecular weight excluding hydrogens is 200 g/mol. The number of aromatic nitrogens is 3. The maximum Gasteiger partial charge on any atom is 0.137 e. The van der Waals surface area contributed by atoms with E-state index in [1.165, 1.54) is 19.3 Å². The van der Waals surface area contributed by atoms with E-state index < -0.39 is 0 Å². The first-order valence-corrected chi connectivity index (χ1v) is 6.22. The van der Waals surface area contributed by atoms with Crippen LogP contribution in [-0.2, 0) is 0 Å². The molecule has 1 N–H and O–H groups in total. The Labute approximate surface area is 97.5 Å². The molecule has 4 heteroatoms. The molecule has 0 bridgehead atoms. The van der Waals surface area contributed by atoms with Crippen molar-refractivity contribution < 1.29 is 0 Å². The summed E-state index contributed by atoms with van der Waals surface area (Å²) in [6.07, 6.45) is 7.09. The summed E-state index contributed by atoms with van der Waals surface area (Å²) in [7, 11) is 0. The lowest BCUT2D eigenvalue weighted by Crippen LogP contribution is -2.43. The van der Waals surface area contributed by atoms with Gasteiger partial charge in [0.05, 0.1) is 6.04 Å². The van der Waals surface area contributed by atoms with Crippen molar-refractivity contribution >= 4 is 0 Å². The molecule has 2 unspecified atom stereocenters. The van der Waals surface area contributed by atoms with Gasteiger partial charge in [-0.15, -0.1) is 0 Å². The second kappa shape index (κ2) is 4.53. The molecule has 1 fully saturated rings. The fourth-order valence-electron chi connectivity index (χ4n) is 2.75. The highest BCUT2D eigenvalue weighted by atomic mass is 15.3. The molecule has 1 aromatic rings. The number of nitrogens with one attached hydrogen (secondary N) is 1. The molecule has 90 valence electrons. The Morgan fingerprint density at radius 1 is 1.50 bits per heavy atom. The lowest BCUT2D eigenvalue weighted by Gasteiger charge is -2.31. The molecule has 2 atom stereocenters. The van der Waals surface area contributed by atoms with E-state index in [0.29, 0.717) is 17.5 Å². The van der Waals surface area contributed by atoms with Crippen molar-refractivity contribution in [2.24, 2.45) is 5.41 Å². The molecule has 0 aromatic carbocycles. The average molecular weight is 222 g/mol. The van der Waals surface area contributed by atoms with E-state index in [1.807, 2.05) is 11.0 Å². The Bertz CT molecular complexity index is 318. The quantitative estimate of drug-likeness (QED) is 0.847. The molecular formula is C12H22N4. The number of nitrogens with zero attached hydrogens (tertiary/aromatic N) is 3. The van der Waals surface area contributed by atoms with Crippen molar-refractivity contribution in [2.45, 2.75) is 52.1 Å². The van der Waals surface area contributed by atoms with Gasteiger partial charge in [0.2, 0.25) is 0 Å². The van der Waals surface area contributed by atoms with Gasteiger partial charge < -0.3 is 5.32 Å². The first-order valence-electron chi connectivity index (χ1n) is 6.22. The molecule has 0 saturated heterocycles. The summed E-state index contributed by atoms with van der Waals surface area (Å²) in [6, 6.07) is 0.971. The third kappa shape index (κ3) is 2.12. The zero-order valence-corrected chi connectivity index (χ0v) is 10.5. The van der Waals surface area contributed by atoms with Gasteiger partial charge in [-0.05, 0) is 31.2 Å². The molecule has 0 aliphatic heterocycles. The highest BCUT2D eigenvalue weighted by molar-refractivity contribution is 4.98. The smallest absolute Gasteiger partial charge is 0.137 e. The van der Waals surface area contributed by atoms with Crippen molar-refractivity contribution in [3.05, 3.63) is 12.7 Å². The van der Waals surface area contributed by atoms with E-state index in [2.05, 4.69) is 36.2 Å². The predicted octanol–water partition coefficient (Wildman–Crippen LogP) is 2.01. The maximum atomic E-state index is 4.29. The van der Waals surface area contributed by atoms with Crippen molar-refractivity contribution in [1.29, 1.82) is 0 Å². The van der Waals surface area contributed by atoms with Crippen LogP contribution in [0.15, 0.2) is 12.7 Å². The summed E-state index contributed by atoms with van der Waals surface area (Å²) in [5.41, 5.74) is 0.353. The van der Waals surface area contributed by atoms with E-state index >= 15 is 0 Å². The summed E-state index contributed by atoms with van der Waals surface area (Å²) in [4.78, 5) is 4.05. The minimum atomic E-state index is 0.353. The van der Waals surface area contributed by atoms with Crippen LogP contribution in [0.4, 0.5) is 0 Å². The minimum absolute atomic E-state index is 0.353. The molecule has 1 heterocycles. The third-order valence-electron chi connectivity index (χ3n) is 3.70. The van der Waals surface area contributed by atoms with Gasteiger partial charge in [0.1, 0.15) is 12.7 Å². The van der Waals surface area contributed by atoms with Gasteiger partial charge in [0, 0.05) is 6.04 Å². The van der Waals surface area contributed by atoms with Crippen molar-refractivity contribution in [3.63, 3.8) is 0 Å². The van der Waals surface area contributed by atoms with Crippen LogP contribution in [0.3, 0.4) is 0 Å². The second-order valence-corrected chi connectivity index (χ2v) is 5.40. The monoisotopic (exact) mass is 222 g/mol. The molecule has 1 aromatic heterocycles. The maximum absolute atomic E-state index is 4.29. The molecule has 1 saturated carbocycles. The van der Waals surface area contributed by atoms with Gasteiger partial charge in [-0.2, -0.15) is 5.10 Å². The molecule has 0 amide bonds. The Kier molecular flexibility index (Phi) is 3.28. The van der Waals surface area contributed by atoms with Crippen LogP contribution in [0.2, 0.25) is 0 Å². The van der Waals surface area contributed by atoms with Crippen LogP contribution < -0.4 is 5.32 Å². The van der Waals surface area contributed by atoms with Crippen LogP contribution in [0.1, 0.15) is 46.1 Å². The number of hydrogen-bond donors (Lipinski definition) is 1. The summed E-state index contributed by atoms with van der Waals surface area (Å²) < 4.78 is 2.02. The zero-order valence-electron chi connectivity index (χ0n) is 10.5. The fourth-order valence-corrected chi connectivity index (χ4v) is 2.75.